The van der Waals surface area contributed by atoms with Crippen molar-refractivity contribution in [3.05, 3.63) is 31.2 Å². The number of alkyl halides is 2. The van der Waals surface area contributed by atoms with Crippen LogP contribution in [0.1, 0.15) is 0 Å². The van der Waals surface area contributed by atoms with Crippen LogP contribution in [0.3, 0.4) is 0 Å². The summed E-state index contributed by atoms with van der Waals surface area (Å²) < 4.78 is 15.7. The number of hydrogen-bond donors (Lipinski definition) is 1. The van der Waals surface area contributed by atoms with Crippen molar-refractivity contribution in [2.24, 2.45) is 5.73 Å². The normalized spacial score (nSPS) is 11.5. The number of hydrogen-bond acceptors (Lipinski definition) is 1. The first-order valence-electron chi connectivity index (χ1n) is 3.36. The third kappa shape index (κ3) is 2.53. The standard InChI is InChI=1S/C8H10FI2N/c1-11(5-12)8-3-2-6(10)4-7(8)9/h2-4H,5,12H2,1H3. The molecule has 1 aromatic rings. The molecule has 0 fully saturated rings. The Morgan fingerprint density at radius 2 is 2.25 bits per heavy atom. The third-order valence-corrected chi connectivity index (χ3v) is 6.31. The molecule has 0 aromatic heterocycles. The molecule has 0 unspecified atom stereocenters. The minimum absolute atomic E-state index is 0.0833. The van der Waals surface area contributed by atoms with Gasteiger partial charge in [0.2, 0.25) is 0 Å². The van der Waals surface area contributed by atoms with Gasteiger partial charge in [0.15, 0.2) is 0 Å². The van der Waals surface area contributed by atoms with Gasteiger partial charge in [-0.2, -0.15) is 0 Å². The van der Waals surface area contributed by atoms with Crippen LogP contribution in [0.25, 0.3) is 0 Å². The Balaban J connectivity index is 3.01. The molecule has 0 aliphatic carbocycles. The maximum atomic E-state index is 13.3. The Bertz CT molecular complexity index is 278. The van der Waals surface area contributed by atoms with E-state index in [9.17, 15) is 4.39 Å². The first-order chi connectivity index (χ1) is 5.65. The van der Waals surface area contributed by atoms with E-state index in [4.69, 9.17) is 5.73 Å². The molecule has 1 aromatic carbocycles. The van der Waals surface area contributed by atoms with E-state index in [0.717, 1.165) is 7.14 Å². The second kappa shape index (κ2) is 4.71. The molecule has 1 rings (SSSR count). The average molecular weight is 393 g/mol. The first-order valence-corrected chi connectivity index (χ1v) is 9.20. The molecule has 12 heavy (non-hydrogen) atoms. The zero-order valence-electron chi connectivity index (χ0n) is 6.65. The van der Waals surface area contributed by atoms with Crippen LogP contribution in [0.15, 0.2) is 18.2 Å². The molecule has 2 N–H and O–H groups in total. The predicted octanol–water partition coefficient (Wildman–Crippen LogP) is 2.65. The van der Waals surface area contributed by atoms with E-state index >= 15 is 0 Å². The van der Waals surface area contributed by atoms with E-state index in [2.05, 4.69) is 27.5 Å². The topological polar surface area (TPSA) is 26.0 Å². The summed E-state index contributed by atoms with van der Waals surface area (Å²) in [5.41, 5.74) is 5.51. The van der Waals surface area contributed by atoms with Crippen molar-refractivity contribution in [3.8, 4) is 0 Å². The maximum absolute atomic E-state index is 13.3. The molecule has 4 heteroatoms. The predicted molar refractivity (Wildman–Crippen MR) is 66.8 cm³/mol. The second-order valence-corrected chi connectivity index (χ2v) is 8.96. The second-order valence-electron chi connectivity index (χ2n) is 2.30. The number of benzene rings is 1. The number of halogens is 3. The van der Waals surface area contributed by atoms with Crippen molar-refractivity contribution < 1.29 is 4.39 Å². The molecular weight excluding hydrogens is 383 g/mol. The Labute approximate surface area is 92.4 Å². The number of nitrogens with two attached hydrogens (primary N) is 1. The molecule has 0 radical (unpaired) electrons. The quantitative estimate of drug-likeness (QED) is 0.356. The van der Waals surface area contributed by atoms with Crippen LogP contribution in [0.5, 0.6) is 0 Å². The Morgan fingerprint density at radius 3 is 2.75 bits per heavy atom. The third-order valence-electron chi connectivity index (χ3n) is 1.46. The van der Waals surface area contributed by atoms with Crippen LogP contribution in [0.2, 0.25) is 0 Å². The Kier molecular flexibility index (Phi) is 4.18. The fourth-order valence-electron chi connectivity index (χ4n) is 0.815. The van der Waals surface area contributed by atoms with E-state index in [0.29, 0.717) is 4.55 Å². The van der Waals surface area contributed by atoms with Gasteiger partial charge in [0.05, 0.1) is 0 Å². The van der Waals surface area contributed by atoms with Crippen LogP contribution in [0.4, 0.5) is 4.39 Å². The molecule has 0 aliphatic heterocycles. The van der Waals surface area contributed by atoms with E-state index in [1.807, 2.05) is 12.1 Å². The van der Waals surface area contributed by atoms with Crippen molar-refractivity contribution >= 4 is 42.4 Å². The van der Waals surface area contributed by atoms with Gasteiger partial charge < -0.3 is 0 Å². The summed E-state index contributed by atoms with van der Waals surface area (Å²) in [5, 5.41) is 0. The van der Waals surface area contributed by atoms with Crippen LogP contribution < -0.4 is 5.73 Å². The van der Waals surface area contributed by atoms with Crippen LogP contribution in [-0.2, 0) is 0 Å². The zero-order chi connectivity index (χ0) is 9.14. The monoisotopic (exact) mass is 393 g/mol. The van der Waals surface area contributed by atoms with Gasteiger partial charge in [0.1, 0.15) is 0 Å². The van der Waals surface area contributed by atoms with E-state index in [1.54, 1.807) is 6.07 Å². The van der Waals surface area contributed by atoms with E-state index in [-0.39, 0.29) is 5.82 Å². The minimum atomic E-state index is -1.37. The van der Waals surface area contributed by atoms with Gasteiger partial charge in [0, 0.05) is 0 Å². The molecule has 0 spiro atoms. The summed E-state index contributed by atoms with van der Waals surface area (Å²) in [6.45, 7) is 0. The molecular formula is C8H10FI2N. The van der Waals surface area contributed by atoms with Crippen LogP contribution >= 0.6 is 42.4 Å². The molecule has 1 nitrogen and oxygen atoms in total. The zero-order valence-corrected chi connectivity index (χ0v) is 11.0. The van der Waals surface area contributed by atoms with E-state index < -0.39 is 19.8 Å². The molecule has 0 amide bonds. The molecule has 0 heterocycles. The molecule has 0 bridgehead atoms. The van der Waals surface area contributed by atoms with Gasteiger partial charge in [-0.1, -0.05) is 0 Å². The van der Waals surface area contributed by atoms with Crippen LogP contribution in [-0.4, -0.2) is 9.48 Å². The van der Waals surface area contributed by atoms with Crippen LogP contribution in [0, 0.1) is 13.0 Å². The van der Waals surface area contributed by atoms with Gasteiger partial charge in [-0.25, -0.2) is 0 Å². The summed E-state index contributed by atoms with van der Waals surface area (Å²) in [6.07, 6.45) is 0. The summed E-state index contributed by atoms with van der Waals surface area (Å²) in [7, 11) is 0. The summed E-state index contributed by atoms with van der Waals surface area (Å²) in [6, 6.07) is 5.37. The Morgan fingerprint density at radius 1 is 1.58 bits per heavy atom. The SMILES string of the molecule is CI(CN)c1ccc(I)cc1F. The van der Waals surface area contributed by atoms with Crippen molar-refractivity contribution in [1.82, 2.24) is 0 Å². The average Bonchev–Trinajstić information content (AvgIpc) is 2.03. The van der Waals surface area contributed by atoms with Crippen molar-refractivity contribution in [1.29, 1.82) is 0 Å². The Hall–Kier alpha value is 0.570. The molecule has 0 saturated carbocycles. The van der Waals surface area contributed by atoms with Gasteiger partial charge >= 0.3 is 93.2 Å². The fraction of sp³-hybridized carbons (Fsp3) is 0.250. The van der Waals surface area contributed by atoms with Crippen molar-refractivity contribution in [2.45, 2.75) is 0 Å². The van der Waals surface area contributed by atoms with E-state index in [1.165, 1.54) is 0 Å². The fourth-order valence-corrected chi connectivity index (χ4v) is 3.57. The molecule has 68 valence electrons. The van der Waals surface area contributed by atoms with Gasteiger partial charge in [-0.3, -0.25) is 0 Å². The van der Waals surface area contributed by atoms with Crippen molar-refractivity contribution in [3.63, 3.8) is 0 Å². The summed E-state index contributed by atoms with van der Waals surface area (Å²) >= 11 is 0.737. The first kappa shape index (κ1) is 10.6. The molecule has 0 atom stereocenters. The van der Waals surface area contributed by atoms with Gasteiger partial charge in [-0.05, 0) is 0 Å². The summed E-state index contributed by atoms with van der Waals surface area (Å²) in [4.78, 5) is 2.08. The number of rotatable bonds is 2. The van der Waals surface area contributed by atoms with Gasteiger partial charge in [0.25, 0.3) is 0 Å². The molecule has 0 saturated heterocycles. The molecule has 0 aliphatic rings. The van der Waals surface area contributed by atoms with Crippen molar-refractivity contribution in [2.75, 3.05) is 9.48 Å². The van der Waals surface area contributed by atoms with Gasteiger partial charge in [-0.15, -0.1) is 0 Å². The summed E-state index contributed by atoms with van der Waals surface area (Å²) in [5.74, 6) is -0.0833.